The Labute approximate surface area is 175 Å². The molecule has 0 fully saturated rings. The summed E-state index contributed by atoms with van der Waals surface area (Å²) in [4.78, 5) is 11.1. The molecule has 0 unspecified atom stereocenters. The van der Waals surface area contributed by atoms with Gasteiger partial charge in [-0.3, -0.25) is 4.79 Å². The van der Waals surface area contributed by atoms with E-state index in [1.54, 1.807) is 18.2 Å². The summed E-state index contributed by atoms with van der Waals surface area (Å²) in [7, 11) is -0.212. The van der Waals surface area contributed by atoms with Crippen LogP contribution in [-0.4, -0.2) is 21.5 Å². The van der Waals surface area contributed by atoms with E-state index in [0.717, 1.165) is 0 Å². The van der Waals surface area contributed by atoms with E-state index in [0.29, 0.717) is 5.69 Å². The van der Waals surface area contributed by atoms with Crippen LogP contribution in [0.25, 0.3) is 5.32 Å². The number of carbonyl (C=O) groups is 1. The van der Waals surface area contributed by atoms with Crippen molar-refractivity contribution in [3.63, 3.8) is 0 Å². The van der Waals surface area contributed by atoms with E-state index in [1.165, 1.54) is 5.19 Å². The fourth-order valence-corrected chi connectivity index (χ4v) is 2.49. The quantitative estimate of drug-likeness (QED) is 0.587. The number of hydrogen-bond acceptors (Lipinski definition) is 2. The molecule has 0 bridgehead atoms. The van der Waals surface area contributed by atoms with Gasteiger partial charge in [0.1, 0.15) is 6.61 Å². The minimum absolute atomic E-state index is 0. The van der Waals surface area contributed by atoms with Gasteiger partial charge in [-0.25, -0.2) is 0 Å². The maximum Gasteiger partial charge on any atom is 1.00 e. The van der Waals surface area contributed by atoms with Crippen molar-refractivity contribution in [2.24, 2.45) is 0 Å². The predicted octanol–water partition coefficient (Wildman–Crippen LogP) is 2.05. The molecule has 0 saturated carbocycles. The molecule has 0 spiro atoms. The van der Waals surface area contributed by atoms with Crippen molar-refractivity contribution in [3.8, 4) is 0 Å². The fraction of sp³-hybridized carbons (Fsp3) is 0.211. The molecule has 2 radical (unpaired) electrons. The van der Waals surface area contributed by atoms with Crippen molar-refractivity contribution in [3.05, 3.63) is 78.1 Å². The van der Waals surface area contributed by atoms with Gasteiger partial charge in [-0.1, -0.05) is 91.1 Å². The summed E-state index contributed by atoms with van der Waals surface area (Å²) < 4.78 is 4.79. The number of allylic oxidation sites excluding steroid dienone is 1. The number of nitrogens with zero attached hydrogens (tertiary/aromatic N) is 1. The summed E-state index contributed by atoms with van der Waals surface area (Å²) in [6.45, 7) is 6.74. The van der Waals surface area contributed by atoms with Gasteiger partial charge in [0.05, 0.1) is 8.80 Å². The average molecular weight is 396 g/mol. The zero-order valence-corrected chi connectivity index (χ0v) is 17.1. The normalized spacial score (nSPS) is 9.28. The number of benzene rings is 2. The Balaban J connectivity index is 0. The van der Waals surface area contributed by atoms with E-state index in [2.05, 4.69) is 48.7 Å². The number of para-hydroxylation sites is 1. The fourth-order valence-electron chi connectivity index (χ4n) is 1.63. The van der Waals surface area contributed by atoms with Crippen molar-refractivity contribution in [1.82, 2.24) is 0 Å². The van der Waals surface area contributed by atoms with Crippen LogP contribution in [-0.2, 0) is 21.8 Å². The smallest absolute Gasteiger partial charge is 0.591 e. The Kier molecular flexibility index (Phi) is 16.9. The molecule has 0 saturated heterocycles. The zero-order valence-electron chi connectivity index (χ0n) is 15.2. The summed E-state index contributed by atoms with van der Waals surface area (Å²) in [6.07, 6.45) is 3.00. The monoisotopic (exact) mass is 395 g/mol. The first kappa shape index (κ1) is 26.0. The molecule has 2 aromatic rings. The molecule has 25 heavy (non-hydrogen) atoms. The molecule has 0 atom stereocenters. The number of hydrogen-bond donors (Lipinski definition) is 0. The topological polar surface area (TPSA) is 40.4 Å². The van der Waals surface area contributed by atoms with E-state index < -0.39 is 6.09 Å². The van der Waals surface area contributed by atoms with Gasteiger partial charge in [0.2, 0.25) is 6.09 Å². The van der Waals surface area contributed by atoms with E-state index in [9.17, 15) is 4.79 Å². The third kappa shape index (κ3) is 12.7. The van der Waals surface area contributed by atoms with Crippen LogP contribution in [0.5, 0.6) is 0 Å². The van der Waals surface area contributed by atoms with E-state index in [4.69, 9.17) is 4.74 Å². The van der Waals surface area contributed by atoms with Gasteiger partial charge in [-0.05, 0) is 6.92 Å². The molecule has 0 aromatic heterocycles. The van der Waals surface area contributed by atoms with Crippen molar-refractivity contribution in [2.45, 2.75) is 20.0 Å². The minimum Gasteiger partial charge on any atom is -0.591 e. The first-order valence-corrected chi connectivity index (χ1v) is 10.0. The van der Waals surface area contributed by atoms with Crippen LogP contribution in [0.15, 0.2) is 72.8 Å². The van der Waals surface area contributed by atoms with Gasteiger partial charge in [-0.2, -0.15) is 0 Å². The maximum atomic E-state index is 11.1. The molecule has 0 N–H and O–H groups in total. The predicted molar refractivity (Wildman–Crippen MR) is 99.2 cm³/mol. The van der Waals surface area contributed by atoms with E-state index >= 15 is 0 Å². The molecule has 0 aliphatic rings. The zero-order chi connectivity index (χ0) is 16.9. The standard InChI is InChI=1S/C11H13NO2.C8H11Si.Cu.Li/c1-2-3-9-14-11(13)12-10-7-5-4-6-8-10;1-9(2)8-6-4-3-5-7-8;;/h2-8H,9H2,1H3,(H,12,13);3-7H,1-2H3;;/q;;;+1/p-1/b3-2-;;;. The average Bonchev–Trinajstić information content (AvgIpc) is 2.57. The third-order valence-corrected chi connectivity index (χ3v) is 4.35. The molecular formula is C19H23CuLiNO2Si. The first-order valence-electron chi connectivity index (χ1n) is 7.53. The Bertz CT molecular complexity index is 595. The van der Waals surface area contributed by atoms with Crippen molar-refractivity contribution >= 4 is 25.8 Å². The van der Waals surface area contributed by atoms with Gasteiger partial charge in [0, 0.05) is 17.1 Å². The van der Waals surface area contributed by atoms with Crippen LogP contribution in [0.3, 0.4) is 0 Å². The molecule has 0 aliphatic heterocycles. The molecule has 0 heterocycles. The number of amides is 1. The molecule has 3 nitrogen and oxygen atoms in total. The summed E-state index contributed by atoms with van der Waals surface area (Å²) in [6, 6.07) is 19.7. The molecule has 132 valence electrons. The van der Waals surface area contributed by atoms with Gasteiger partial charge < -0.3 is 10.1 Å². The summed E-state index contributed by atoms with van der Waals surface area (Å²) in [5.41, 5.74) is 0.609. The van der Waals surface area contributed by atoms with Gasteiger partial charge in [0.15, 0.2) is 0 Å². The van der Waals surface area contributed by atoms with E-state index in [1.807, 2.05) is 31.2 Å². The van der Waals surface area contributed by atoms with E-state index in [-0.39, 0.29) is 51.3 Å². The van der Waals surface area contributed by atoms with Crippen LogP contribution in [0, 0.1) is 0 Å². The van der Waals surface area contributed by atoms with Crippen LogP contribution < -0.4 is 24.0 Å². The Morgan fingerprint density at radius 1 is 1.04 bits per heavy atom. The molecule has 6 heteroatoms. The summed E-state index contributed by atoms with van der Waals surface area (Å²) in [5, 5.41) is 5.25. The van der Waals surface area contributed by atoms with Crippen LogP contribution in [0.4, 0.5) is 10.5 Å². The summed E-state index contributed by atoms with van der Waals surface area (Å²) in [5.74, 6) is 0. The maximum absolute atomic E-state index is 11.1. The molecule has 2 rings (SSSR count). The van der Waals surface area contributed by atoms with Crippen molar-refractivity contribution in [1.29, 1.82) is 0 Å². The van der Waals surface area contributed by atoms with Crippen LogP contribution in [0.2, 0.25) is 13.1 Å². The Morgan fingerprint density at radius 2 is 1.56 bits per heavy atom. The largest absolute Gasteiger partial charge is 1.00 e. The molecular weight excluding hydrogens is 373 g/mol. The number of rotatable bonds is 4. The van der Waals surface area contributed by atoms with Gasteiger partial charge >= 0.3 is 18.9 Å². The van der Waals surface area contributed by atoms with Gasteiger partial charge in [0.25, 0.3) is 0 Å². The SMILES string of the molecule is C/C=C\COC(=O)[N-]c1ccccc1.C[Si](C)c1ccccc1.[Cu].[Li+]. The van der Waals surface area contributed by atoms with Crippen molar-refractivity contribution < 1.29 is 45.5 Å². The molecule has 1 amide bonds. The summed E-state index contributed by atoms with van der Waals surface area (Å²) >= 11 is 0. The van der Waals surface area contributed by atoms with Gasteiger partial charge in [-0.15, -0.1) is 5.69 Å². The number of ether oxygens (including phenoxy) is 1. The van der Waals surface area contributed by atoms with Crippen LogP contribution in [0.1, 0.15) is 6.92 Å². The second kappa shape index (κ2) is 16.3. The van der Waals surface area contributed by atoms with Crippen LogP contribution >= 0.6 is 0 Å². The Morgan fingerprint density at radius 3 is 2.00 bits per heavy atom. The first-order chi connectivity index (χ1) is 11.1. The Hall–Kier alpha value is -1.22. The minimum atomic E-state index is -0.561. The second-order valence-corrected chi connectivity index (χ2v) is 7.54. The molecule has 0 aliphatic carbocycles. The number of carbonyl (C=O) groups excluding carboxylic acids is 1. The molecule has 2 aromatic carbocycles. The van der Waals surface area contributed by atoms with Crippen molar-refractivity contribution in [2.75, 3.05) is 6.61 Å². The second-order valence-electron chi connectivity index (χ2n) is 4.96. The third-order valence-electron chi connectivity index (χ3n) is 2.87.